The number of hydrogen-bond acceptors (Lipinski definition) is 4. The van der Waals surface area contributed by atoms with Crippen LogP contribution in [0.4, 0.5) is 0 Å². The van der Waals surface area contributed by atoms with Crippen LogP contribution in [0.15, 0.2) is 54.6 Å². The number of para-hydroxylation sites is 3. The molecule has 2 atom stereocenters. The van der Waals surface area contributed by atoms with Gasteiger partial charge < -0.3 is 19.5 Å². The molecule has 0 aliphatic carbocycles. The van der Waals surface area contributed by atoms with Crippen LogP contribution < -0.4 is 19.5 Å². The van der Waals surface area contributed by atoms with Gasteiger partial charge in [0.1, 0.15) is 12.4 Å². The third-order valence-electron chi connectivity index (χ3n) is 3.82. The molecule has 0 spiro atoms. The summed E-state index contributed by atoms with van der Waals surface area (Å²) in [6, 6.07) is 16.8. The van der Waals surface area contributed by atoms with Crippen molar-refractivity contribution in [3.05, 3.63) is 54.6 Å². The van der Waals surface area contributed by atoms with Crippen molar-refractivity contribution in [2.75, 3.05) is 13.2 Å². The number of fused-ring (bicyclic) bond motifs is 1. The molecule has 0 bridgehead atoms. The molecule has 2 aromatic carbocycles. The minimum Gasteiger partial charge on any atom is -0.493 e. The van der Waals surface area contributed by atoms with E-state index >= 15 is 0 Å². The van der Waals surface area contributed by atoms with Gasteiger partial charge in [-0.25, -0.2) is 0 Å². The van der Waals surface area contributed by atoms with Crippen molar-refractivity contribution in [1.82, 2.24) is 5.32 Å². The summed E-state index contributed by atoms with van der Waals surface area (Å²) in [6.45, 7) is 2.67. The van der Waals surface area contributed by atoms with Crippen LogP contribution in [0.3, 0.4) is 0 Å². The average Bonchev–Trinajstić information content (AvgIpc) is 2.62. The quantitative estimate of drug-likeness (QED) is 0.886. The summed E-state index contributed by atoms with van der Waals surface area (Å²) in [6.07, 6.45) is 0.0857. The van der Waals surface area contributed by atoms with Gasteiger partial charge in [0.25, 0.3) is 0 Å². The maximum atomic E-state index is 12.0. The molecule has 1 amide bonds. The van der Waals surface area contributed by atoms with Crippen molar-refractivity contribution in [2.24, 2.45) is 0 Å². The first-order chi connectivity index (χ1) is 11.7. The number of carbonyl (C=O) groups excluding carboxylic acids is 1. The first-order valence-corrected chi connectivity index (χ1v) is 8.08. The molecule has 0 aromatic heterocycles. The van der Waals surface area contributed by atoms with Crippen molar-refractivity contribution < 1.29 is 19.0 Å². The van der Waals surface area contributed by atoms with E-state index in [9.17, 15) is 4.79 Å². The normalized spacial score (nSPS) is 17.0. The lowest BCUT2D eigenvalue weighted by molar-refractivity contribution is -0.123. The molecule has 1 aliphatic rings. The molecule has 0 saturated carbocycles. The molecule has 5 nitrogen and oxygen atoms in total. The van der Waals surface area contributed by atoms with Crippen LogP contribution >= 0.6 is 0 Å². The Kier molecular flexibility index (Phi) is 5.21. The zero-order chi connectivity index (χ0) is 16.8. The van der Waals surface area contributed by atoms with Crippen molar-refractivity contribution >= 4 is 5.91 Å². The van der Waals surface area contributed by atoms with Crippen LogP contribution in [0.1, 0.15) is 13.3 Å². The second kappa shape index (κ2) is 7.73. The van der Waals surface area contributed by atoms with Crippen molar-refractivity contribution in [3.63, 3.8) is 0 Å². The molecule has 3 rings (SSSR count). The van der Waals surface area contributed by atoms with Gasteiger partial charge in [-0.15, -0.1) is 0 Å². The van der Waals surface area contributed by atoms with Gasteiger partial charge in [0.2, 0.25) is 5.91 Å². The van der Waals surface area contributed by atoms with E-state index in [0.29, 0.717) is 25.4 Å². The summed E-state index contributed by atoms with van der Waals surface area (Å²) in [5.74, 6) is 2.14. The highest BCUT2D eigenvalue weighted by molar-refractivity contribution is 5.76. The number of hydrogen-bond donors (Lipinski definition) is 1. The van der Waals surface area contributed by atoms with Gasteiger partial charge in [0.05, 0.1) is 19.1 Å². The molecule has 24 heavy (non-hydrogen) atoms. The summed E-state index contributed by atoms with van der Waals surface area (Å²) in [5, 5.41) is 2.94. The van der Waals surface area contributed by atoms with Gasteiger partial charge in [-0.2, -0.15) is 0 Å². The van der Waals surface area contributed by atoms with E-state index in [2.05, 4.69) is 5.32 Å². The average molecular weight is 327 g/mol. The second-order valence-electron chi connectivity index (χ2n) is 5.68. The van der Waals surface area contributed by atoms with E-state index in [1.165, 1.54) is 0 Å². The molecule has 1 heterocycles. The van der Waals surface area contributed by atoms with Gasteiger partial charge in [-0.3, -0.25) is 4.79 Å². The largest absolute Gasteiger partial charge is 0.493 e. The minimum atomic E-state index is -0.209. The van der Waals surface area contributed by atoms with Crippen LogP contribution in [0.2, 0.25) is 0 Å². The topological polar surface area (TPSA) is 56.8 Å². The van der Waals surface area contributed by atoms with E-state index < -0.39 is 0 Å². The van der Waals surface area contributed by atoms with E-state index in [-0.39, 0.29) is 18.1 Å². The molecule has 1 N–H and O–H groups in total. The fourth-order valence-electron chi connectivity index (χ4n) is 2.48. The van der Waals surface area contributed by atoms with Crippen LogP contribution in [0, 0.1) is 0 Å². The summed E-state index contributed by atoms with van der Waals surface area (Å²) in [5.41, 5.74) is 0. The Morgan fingerprint density at radius 1 is 1.17 bits per heavy atom. The Balaban J connectivity index is 1.43. The predicted octanol–water partition coefficient (Wildman–Crippen LogP) is 2.80. The lowest BCUT2D eigenvalue weighted by Crippen LogP contribution is -2.48. The molecule has 0 radical (unpaired) electrons. The number of benzene rings is 2. The molecule has 126 valence electrons. The lowest BCUT2D eigenvalue weighted by atomic mass is 10.1. The van der Waals surface area contributed by atoms with E-state index in [4.69, 9.17) is 14.2 Å². The minimum absolute atomic E-state index is 0.0686. The Labute approximate surface area is 141 Å². The summed E-state index contributed by atoms with van der Waals surface area (Å²) >= 11 is 0. The van der Waals surface area contributed by atoms with Crippen LogP contribution in [0.5, 0.6) is 17.2 Å². The Morgan fingerprint density at radius 3 is 2.67 bits per heavy atom. The maximum absolute atomic E-state index is 12.0. The number of nitrogens with one attached hydrogen (secondary N) is 1. The smallest absolute Gasteiger partial charge is 0.223 e. The van der Waals surface area contributed by atoms with Crippen molar-refractivity contribution in [2.45, 2.75) is 25.5 Å². The van der Waals surface area contributed by atoms with Crippen LogP contribution in [-0.4, -0.2) is 31.3 Å². The number of amides is 1. The third-order valence-corrected chi connectivity index (χ3v) is 3.82. The molecule has 1 aliphatic heterocycles. The van der Waals surface area contributed by atoms with E-state index in [1.54, 1.807) is 0 Å². The fraction of sp³-hybridized carbons (Fsp3) is 0.316. The zero-order valence-corrected chi connectivity index (χ0v) is 13.6. The first-order valence-electron chi connectivity index (χ1n) is 8.08. The van der Waals surface area contributed by atoms with Gasteiger partial charge in [-0.05, 0) is 31.2 Å². The number of carbonyl (C=O) groups is 1. The highest BCUT2D eigenvalue weighted by Crippen LogP contribution is 2.31. The molecule has 5 heteroatoms. The second-order valence-corrected chi connectivity index (χ2v) is 5.68. The molecule has 0 unspecified atom stereocenters. The Bertz CT molecular complexity index is 674. The standard InChI is InChI=1S/C19H21NO4/c1-14(18-13-23-16-9-5-6-10-17(16)24-18)20-19(21)11-12-22-15-7-3-2-4-8-15/h2-10,14,18H,11-13H2,1H3,(H,20,21)/t14-,18+/m1/s1. The number of rotatable bonds is 6. The van der Waals surface area contributed by atoms with E-state index in [0.717, 1.165) is 11.5 Å². The van der Waals surface area contributed by atoms with Gasteiger partial charge in [0.15, 0.2) is 17.6 Å². The first kappa shape index (κ1) is 16.2. The highest BCUT2D eigenvalue weighted by atomic mass is 16.6. The van der Waals surface area contributed by atoms with Gasteiger partial charge in [0, 0.05) is 0 Å². The van der Waals surface area contributed by atoms with Gasteiger partial charge >= 0.3 is 0 Å². The molecule has 2 aromatic rings. The summed E-state index contributed by atoms with van der Waals surface area (Å²) in [4.78, 5) is 12.0. The molecular weight excluding hydrogens is 306 g/mol. The number of ether oxygens (including phenoxy) is 3. The molecule has 0 saturated heterocycles. The highest BCUT2D eigenvalue weighted by Gasteiger charge is 2.26. The SMILES string of the molecule is C[C@@H](NC(=O)CCOc1ccccc1)[C@@H]1COc2ccccc2O1. The fourth-order valence-corrected chi connectivity index (χ4v) is 2.48. The van der Waals surface area contributed by atoms with Crippen LogP contribution in [-0.2, 0) is 4.79 Å². The Morgan fingerprint density at radius 2 is 1.88 bits per heavy atom. The van der Waals surface area contributed by atoms with Crippen molar-refractivity contribution in [3.8, 4) is 17.2 Å². The zero-order valence-electron chi connectivity index (χ0n) is 13.6. The molecular formula is C19H21NO4. The van der Waals surface area contributed by atoms with Crippen molar-refractivity contribution in [1.29, 1.82) is 0 Å². The summed E-state index contributed by atoms with van der Waals surface area (Å²) < 4.78 is 17.1. The predicted molar refractivity (Wildman–Crippen MR) is 90.5 cm³/mol. The van der Waals surface area contributed by atoms with E-state index in [1.807, 2.05) is 61.5 Å². The maximum Gasteiger partial charge on any atom is 0.223 e. The van der Waals surface area contributed by atoms with Crippen LogP contribution in [0.25, 0.3) is 0 Å². The van der Waals surface area contributed by atoms with Gasteiger partial charge in [-0.1, -0.05) is 30.3 Å². The monoisotopic (exact) mass is 327 g/mol. The Hall–Kier alpha value is -2.69. The third kappa shape index (κ3) is 4.19. The summed E-state index contributed by atoms with van der Waals surface area (Å²) in [7, 11) is 0. The molecule has 0 fully saturated rings. The lowest BCUT2D eigenvalue weighted by Gasteiger charge is -2.30.